The standard InChI is InChI=1S/C21H33FN4O2.HI/c1-16(28-20-5-3-4-18(22)12-20)13-24-21(23-2)25-19-6-9-26(10-7-19)14-17-8-11-27-15-17;/h3-5,12,16-17,19H,6-11,13-15H2,1-2H3,(H2,23,24,25);1H. The Morgan fingerprint density at radius 3 is 2.79 bits per heavy atom. The van der Waals surface area contributed by atoms with E-state index >= 15 is 0 Å². The van der Waals surface area contributed by atoms with Gasteiger partial charge in [0.1, 0.15) is 17.7 Å². The molecule has 164 valence electrons. The van der Waals surface area contributed by atoms with Crippen molar-refractivity contribution < 1.29 is 13.9 Å². The predicted molar refractivity (Wildman–Crippen MR) is 125 cm³/mol. The van der Waals surface area contributed by atoms with E-state index in [0.29, 0.717) is 24.3 Å². The Morgan fingerprint density at radius 2 is 2.14 bits per heavy atom. The van der Waals surface area contributed by atoms with Crippen molar-refractivity contribution in [3.05, 3.63) is 30.1 Å². The smallest absolute Gasteiger partial charge is 0.191 e. The lowest BCUT2D eigenvalue weighted by molar-refractivity contribution is 0.150. The van der Waals surface area contributed by atoms with Crippen LogP contribution in [0.1, 0.15) is 26.2 Å². The van der Waals surface area contributed by atoms with Gasteiger partial charge in [0, 0.05) is 45.4 Å². The van der Waals surface area contributed by atoms with Gasteiger partial charge in [-0.15, -0.1) is 24.0 Å². The number of likely N-dealkylation sites (tertiary alicyclic amines) is 1. The molecule has 2 heterocycles. The van der Waals surface area contributed by atoms with Crippen LogP contribution in [-0.4, -0.2) is 69.4 Å². The monoisotopic (exact) mass is 520 g/mol. The lowest BCUT2D eigenvalue weighted by Crippen LogP contribution is -2.50. The van der Waals surface area contributed by atoms with Gasteiger partial charge in [-0.3, -0.25) is 4.99 Å². The molecule has 0 aliphatic carbocycles. The Morgan fingerprint density at radius 1 is 1.34 bits per heavy atom. The van der Waals surface area contributed by atoms with E-state index in [1.807, 2.05) is 6.92 Å². The minimum absolute atomic E-state index is 0. The van der Waals surface area contributed by atoms with Gasteiger partial charge in [-0.25, -0.2) is 4.39 Å². The van der Waals surface area contributed by atoms with Crippen LogP contribution in [0.2, 0.25) is 0 Å². The second-order valence-electron chi connectivity index (χ2n) is 7.79. The van der Waals surface area contributed by atoms with E-state index < -0.39 is 0 Å². The highest BCUT2D eigenvalue weighted by Gasteiger charge is 2.24. The van der Waals surface area contributed by atoms with E-state index in [2.05, 4.69) is 20.5 Å². The fraction of sp³-hybridized carbons (Fsp3) is 0.667. The number of nitrogens with one attached hydrogen (secondary N) is 2. The van der Waals surface area contributed by atoms with E-state index in [4.69, 9.17) is 9.47 Å². The summed E-state index contributed by atoms with van der Waals surface area (Å²) in [6.07, 6.45) is 3.33. The zero-order valence-corrected chi connectivity index (χ0v) is 19.7. The molecule has 2 unspecified atom stereocenters. The predicted octanol–water partition coefficient (Wildman–Crippen LogP) is 2.88. The van der Waals surface area contributed by atoms with Gasteiger partial charge in [0.15, 0.2) is 5.96 Å². The third-order valence-electron chi connectivity index (χ3n) is 5.38. The van der Waals surface area contributed by atoms with Crippen LogP contribution >= 0.6 is 24.0 Å². The normalized spacial score (nSPS) is 22.0. The summed E-state index contributed by atoms with van der Waals surface area (Å²) in [5.41, 5.74) is 0. The van der Waals surface area contributed by atoms with E-state index in [0.717, 1.165) is 51.6 Å². The third-order valence-corrected chi connectivity index (χ3v) is 5.38. The molecule has 2 aliphatic rings. The number of piperidine rings is 1. The average molecular weight is 520 g/mol. The minimum Gasteiger partial charge on any atom is -0.489 e. The first kappa shape index (κ1) is 24.1. The van der Waals surface area contributed by atoms with Crippen LogP contribution in [0.25, 0.3) is 0 Å². The molecule has 2 atom stereocenters. The summed E-state index contributed by atoms with van der Waals surface area (Å²) in [7, 11) is 1.78. The molecule has 8 heteroatoms. The van der Waals surface area contributed by atoms with Crippen LogP contribution in [0.15, 0.2) is 29.3 Å². The summed E-state index contributed by atoms with van der Waals surface area (Å²) >= 11 is 0. The average Bonchev–Trinajstić information content (AvgIpc) is 3.19. The van der Waals surface area contributed by atoms with Gasteiger partial charge >= 0.3 is 0 Å². The minimum atomic E-state index is -0.290. The molecule has 2 N–H and O–H groups in total. The number of ether oxygens (including phenoxy) is 2. The number of guanidine groups is 1. The molecule has 2 aliphatic heterocycles. The number of hydrogen-bond acceptors (Lipinski definition) is 4. The maximum atomic E-state index is 13.3. The Bertz CT molecular complexity index is 635. The lowest BCUT2D eigenvalue weighted by Gasteiger charge is -2.34. The molecule has 3 rings (SSSR count). The number of rotatable bonds is 7. The maximum absolute atomic E-state index is 13.3. The highest BCUT2D eigenvalue weighted by atomic mass is 127. The van der Waals surface area contributed by atoms with Crippen molar-refractivity contribution in [1.29, 1.82) is 0 Å². The molecule has 6 nitrogen and oxygen atoms in total. The first-order valence-corrected chi connectivity index (χ1v) is 10.3. The topological polar surface area (TPSA) is 58.1 Å². The fourth-order valence-corrected chi connectivity index (χ4v) is 3.80. The second kappa shape index (κ2) is 12.5. The molecule has 0 amide bonds. The van der Waals surface area contributed by atoms with Gasteiger partial charge in [0.2, 0.25) is 0 Å². The van der Waals surface area contributed by atoms with Gasteiger partial charge in [0.05, 0.1) is 13.2 Å². The van der Waals surface area contributed by atoms with Crippen LogP contribution < -0.4 is 15.4 Å². The van der Waals surface area contributed by atoms with Crippen LogP contribution in [0, 0.1) is 11.7 Å². The largest absolute Gasteiger partial charge is 0.489 e. The Hall–Kier alpha value is -1.13. The highest BCUT2D eigenvalue weighted by molar-refractivity contribution is 14.0. The van der Waals surface area contributed by atoms with Crippen molar-refractivity contribution in [3.63, 3.8) is 0 Å². The first-order chi connectivity index (χ1) is 13.6. The van der Waals surface area contributed by atoms with Gasteiger partial charge in [0.25, 0.3) is 0 Å². The summed E-state index contributed by atoms with van der Waals surface area (Å²) in [6.45, 7) is 7.78. The molecule has 2 fully saturated rings. The molecular weight excluding hydrogens is 486 g/mol. The zero-order chi connectivity index (χ0) is 19.8. The summed E-state index contributed by atoms with van der Waals surface area (Å²) < 4.78 is 24.5. The molecular formula is C21H34FIN4O2. The summed E-state index contributed by atoms with van der Waals surface area (Å²) in [5.74, 6) is 1.75. The van der Waals surface area contributed by atoms with Crippen LogP contribution in [0.3, 0.4) is 0 Å². The van der Waals surface area contributed by atoms with E-state index in [1.54, 1.807) is 19.2 Å². The van der Waals surface area contributed by atoms with Crippen molar-refractivity contribution in [2.45, 2.75) is 38.3 Å². The maximum Gasteiger partial charge on any atom is 0.191 e. The summed E-state index contributed by atoms with van der Waals surface area (Å²) in [6, 6.07) is 6.65. The molecule has 29 heavy (non-hydrogen) atoms. The number of halogens is 2. The number of hydrogen-bond donors (Lipinski definition) is 2. The first-order valence-electron chi connectivity index (χ1n) is 10.3. The van der Waals surface area contributed by atoms with Gasteiger partial charge in [-0.2, -0.15) is 0 Å². The van der Waals surface area contributed by atoms with Crippen LogP contribution in [-0.2, 0) is 4.74 Å². The molecule has 0 radical (unpaired) electrons. The molecule has 1 aromatic carbocycles. The molecule has 2 saturated heterocycles. The molecule has 0 bridgehead atoms. The number of aliphatic imine (C=N–C) groups is 1. The molecule has 1 aromatic rings. The van der Waals surface area contributed by atoms with Gasteiger partial charge in [-0.1, -0.05) is 6.07 Å². The second-order valence-corrected chi connectivity index (χ2v) is 7.79. The molecule has 0 spiro atoms. The van der Waals surface area contributed by atoms with E-state index in [1.165, 1.54) is 18.6 Å². The lowest BCUT2D eigenvalue weighted by atomic mass is 10.0. The highest BCUT2D eigenvalue weighted by Crippen LogP contribution is 2.18. The fourth-order valence-electron chi connectivity index (χ4n) is 3.80. The van der Waals surface area contributed by atoms with Gasteiger partial charge < -0.3 is 25.0 Å². The van der Waals surface area contributed by atoms with Crippen molar-refractivity contribution in [3.8, 4) is 5.75 Å². The number of benzene rings is 1. The van der Waals surface area contributed by atoms with E-state index in [-0.39, 0.29) is 35.9 Å². The van der Waals surface area contributed by atoms with Crippen molar-refractivity contribution in [2.24, 2.45) is 10.9 Å². The zero-order valence-electron chi connectivity index (χ0n) is 17.4. The SMILES string of the molecule is CN=C(NCC(C)Oc1cccc(F)c1)NC1CCN(CC2CCOC2)CC1.I. The third kappa shape index (κ3) is 8.25. The van der Waals surface area contributed by atoms with Crippen LogP contribution in [0.5, 0.6) is 5.75 Å². The summed E-state index contributed by atoms with van der Waals surface area (Å²) in [4.78, 5) is 6.88. The van der Waals surface area contributed by atoms with Crippen molar-refractivity contribution in [1.82, 2.24) is 15.5 Å². The van der Waals surface area contributed by atoms with Crippen molar-refractivity contribution in [2.75, 3.05) is 46.4 Å². The van der Waals surface area contributed by atoms with Gasteiger partial charge in [-0.05, 0) is 44.2 Å². The van der Waals surface area contributed by atoms with E-state index in [9.17, 15) is 4.39 Å². The molecule has 0 aromatic heterocycles. The Balaban J connectivity index is 0.00000300. The summed E-state index contributed by atoms with van der Waals surface area (Å²) in [5, 5.41) is 6.83. The van der Waals surface area contributed by atoms with Crippen molar-refractivity contribution >= 4 is 29.9 Å². The number of nitrogens with zero attached hydrogens (tertiary/aromatic N) is 2. The molecule has 0 saturated carbocycles. The van der Waals surface area contributed by atoms with Crippen LogP contribution in [0.4, 0.5) is 4.39 Å². The quantitative estimate of drug-likeness (QED) is 0.329. The Labute approximate surface area is 190 Å². The Kier molecular flexibility index (Phi) is 10.4.